The van der Waals surface area contributed by atoms with E-state index in [9.17, 15) is 10.5 Å². The summed E-state index contributed by atoms with van der Waals surface area (Å²) in [7, 11) is 0. The van der Waals surface area contributed by atoms with Crippen LogP contribution in [0.2, 0.25) is 0 Å². The maximum absolute atomic E-state index is 10.5. The van der Waals surface area contributed by atoms with Crippen LogP contribution in [0.3, 0.4) is 0 Å². The van der Waals surface area contributed by atoms with Crippen LogP contribution in [0.15, 0.2) is 267 Å². The Morgan fingerprint density at radius 2 is 0.614 bits per heavy atom. The average molecular weight is 1070 g/mol. The Morgan fingerprint density at radius 1 is 0.301 bits per heavy atom. The standard InChI is InChI=1S/C77H56N2O4/c1-75(2,55-17-7-5-8-18-55)57-35-41-61(42-36-57)80-71-25-15-27-73(67(71)49-78)82-63-39-31-51-45-59(33-29-53(51)47-63)77(69-23-13-11-21-65(69)66-22-12-14-24-70(66)77)60-34-30-54-48-64(40-32-52(54)46-60)83-74-28-16-26-72(68(74)50-79)81-62-43-37-58(38-44-62)76(3,4)56-19-9-6-10-20-56/h5-48H,1-4H3. The largest absolute Gasteiger partial charge is 0.456 e. The minimum absolute atomic E-state index is 0.195. The van der Waals surface area contributed by atoms with Crippen molar-refractivity contribution in [2.45, 2.75) is 43.9 Å². The maximum Gasteiger partial charge on any atom is 0.149 e. The topological polar surface area (TPSA) is 84.5 Å². The van der Waals surface area contributed by atoms with Crippen LogP contribution in [-0.4, -0.2) is 0 Å². The first-order valence-corrected chi connectivity index (χ1v) is 27.9. The van der Waals surface area contributed by atoms with Crippen molar-refractivity contribution >= 4 is 21.5 Å². The monoisotopic (exact) mass is 1070 g/mol. The third kappa shape index (κ3) is 9.37. The minimum atomic E-state index is -0.666. The summed E-state index contributed by atoms with van der Waals surface area (Å²) in [5.41, 5.74) is 11.4. The van der Waals surface area contributed by atoms with Crippen LogP contribution in [-0.2, 0) is 16.2 Å². The summed E-state index contributed by atoms with van der Waals surface area (Å²) < 4.78 is 25.8. The summed E-state index contributed by atoms with van der Waals surface area (Å²) in [6.45, 7) is 8.84. The van der Waals surface area contributed by atoms with Crippen LogP contribution < -0.4 is 18.9 Å². The number of benzene rings is 12. The van der Waals surface area contributed by atoms with Crippen molar-refractivity contribution in [2.24, 2.45) is 0 Å². The van der Waals surface area contributed by atoms with E-state index in [0.717, 1.165) is 43.8 Å². The van der Waals surface area contributed by atoms with Crippen LogP contribution in [0.4, 0.5) is 0 Å². The molecule has 0 unspecified atom stereocenters. The van der Waals surface area contributed by atoms with Gasteiger partial charge in [-0.05, 0) is 162 Å². The molecule has 6 heteroatoms. The van der Waals surface area contributed by atoms with Crippen molar-refractivity contribution < 1.29 is 18.9 Å². The number of ether oxygens (including phenoxy) is 4. The molecule has 0 radical (unpaired) electrons. The van der Waals surface area contributed by atoms with E-state index in [2.05, 4.69) is 210 Å². The summed E-state index contributed by atoms with van der Waals surface area (Å²) in [4.78, 5) is 0. The Hall–Kier alpha value is -10.7. The molecule has 1 aliphatic carbocycles. The number of fused-ring (bicyclic) bond motifs is 5. The first kappa shape index (κ1) is 51.8. The summed E-state index contributed by atoms with van der Waals surface area (Å²) in [6, 6.07) is 95.6. The Morgan fingerprint density at radius 3 is 1.00 bits per heavy atom. The zero-order valence-corrected chi connectivity index (χ0v) is 46.4. The molecule has 0 atom stereocenters. The molecule has 0 aliphatic heterocycles. The minimum Gasteiger partial charge on any atom is -0.456 e. The number of hydrogen-bond donors (Lipinski definition) is 0. The second-order valence-electron chi connectivity index (χ2n) is 22.2. The van der Waals surface area contributed by atoms with E-state index in [1.807, 2.05) is 72.8 Å². The summed E-state index contributed by atoms with van der Waals surface area (Å²) >= 11 is 0. The van der Waals surface area contributed by atoms with Crippen molar-refractivity contribution in [3.05, 3.63) is 323 Å². The fourth-order valence-electron chi connectivity index (χ4n) is 12.1. The molecule has 0 saturated carbocycles. The third-order valence-electron chi connectivity index (χ3n) is 16.7. The predicted octanol–water partition coefficient (Wildman–Crippen LogP) is 19.9. The van der Waals surface area contributed by atoms with Crippen LogP contribution in [0.25, 0.3) is 32.7 Å². The van der Waals surface area contributed by atoms with Gasteiger partial charge in [0.15, 0.2) is 0 Å². The van der Waals surface area contributed by atoms with Crippen LogP contribution in [0, 0.1) is 22.7 Å². The highest BCUT2D eigenvalue weighted by molar-refractivity contribution is 5.92. The first-order valence-electron chi connectivity index (χ1n) is 27.9. The Balaban J connectivity index is 0.782. The van der Waals surface area contributed by atoms with Crippen LogP contribution in [0.5, 0.6) is 46.0 Å². The lowest BCUT2D eigenvalue weighted by molar-refractivity contribution is 0.457. The fourth-order valence-corrected chi connectivity index (χ4v) is 12.1. The highest BCUT2D eigenvalue weighted by atomic mass is 16.5. The number of nitriles is 2. The van der Waals surface area contributed by atoms with Crippen molar-refractivity contribution in [1.29, 1.82) is 10.5 Å². The van der Waals surface area contributed by atoms with E-state index in [1.54, 1.807) is 24.3 Å². The highest BCUT2D eigenvalue weighted by Crippen LogP contribution is 2.57. The third-order valence-corrected chi connectivity index (χ3v) is 16.7. The van der Waals surface area contributed by atoms with Gasteiger partial charge in [0.1, 0.15) is 69.3 Å². The van der Waals surface area contributed by atoms with Crippen molar-refractivity contribution in [1.82, 2.24) is 0 Å². The molecule has 0 fully saturated rings. The van der Waals surface area contributed by atoms with E-state index < -0.39 is 5.41 Å². The molecule has 6 nitrogen and oxygen atoms in total. The lowest BCUT2D eigenvalue weighted by atomic mass is 9.67. The first-order chi connectivity index (χ1) is 40.5. The van der Waals surface area contributed by atoms with Gasteiger partial charge in [0.05, 0.1) is 5.41 Å². The van der Waals surface area contributed by atoms with E-state index >= 15 is 0 Å². The zero-order chi connectivity index (χ0) is 56.7. The number of rotatable bonds is 14. The molecule has 0 N–H and O–H groups in total. The van der Waals surface area contributed by atoms with Gasteiger partial charge in [-0.3, -0.25) is 0 Å². The van der Waals surface area contributed by atoms with Gasteiger partial charge < -0.3 is 18.9 Å². The maximum atomic E-state index is 10.5. The van der Waals surface area contributed by atoms with Crippen LogP contribution >= 0.6 is 0 Å². The van der Waals surface area contributed by atoms with Gasteiger partial charge in [-0.2, -0.15) is 10.5 Å². The molecule has 0 amide bonds. The van der Waals surface area contributed by atoms with Crippen molar-refractivity contribution in [2.75, 3.05) is 0 Å². The Labute approximate surface area is 484 Å². The molecule has 13 rings (SSSR count). The van der Waals surface area contributed by atoms with Crippen molar-refractivity contribution in [3.63, 3.8) is 0 Å². The summed E-state index contributed by atoms with van der Waals surface area (Å²) in [5.74, 6) is 4.10. The molecule has 0 heterocycles. The van der Waals surface area contributed by atoms with Gasteiger partial charge in [0, 0.05) is 10.8 Å². The Kier molecular flexibility index (Phi) is 13.2. The lowest BCUT2D eigenvalue weighted by Gasteiger charge is -2.34. The van der Waals surface area contributed by atoms with Gasteiger partial charge in [0.25, 0.3) is 0 Å². The second-order valence-corrected chi connectivity index (χ2v) is 22.2. The molecule has 0 aromatic heterocycles. The lowest BCUT2D eigenvalue weighted by Crippen LogP contribution is -2.28. The van der Waals surface area contributed by atoms with E-state index in [-0.39, 0.29) is 10.8 Å². The van der Waals surface area contributed by atoms with Gasteiger partial charge in [0.2, 0.25) is 0 Å². The SMILES string of the molecule is CC(C)(c1ccccc1)c1ccc(Oc2cccc(Oc3ccc4cc(C5(c6ccc7cc(Oc8cccc(Oc9ccc(C(C)(C)c%10ccccc%10)cc9)c8C#N)ccc7c6)c6ccccc6-c6ccccc65)ccc4c3)c2C#N)cc1. The Bertz CT molecular complexity index is 4220. The predicted molar refractivity (Wildman–Crippen MR) is 331 cm³/mol. The quantitative estimate of drug-likeness (QED) is 0.108. The molecule has 12 aromatic rings. The molecule has 83 heavy (non-hydrogen) atoms. The van der Waals surface area contributed by atoms with Crippen LogP contribution in [0.1, 0.15) is 83.3 Å². The molecule has 1 aliphatic rings. The van der Waals surface area contributed by atoms with E-state index in [1.165, 1.54) is 33.4 Å². The van der Waals surface area contributed by atoms with Gasteiger partial charge in [-0.1, -0.05) is 210 Å². The molecule has 0 spiro atoms. The summed E-state index contributed by atoms with van der Waals surface area (Å²) in [5, 5.41) is 25.1. The van der Waals surface area contributed by atoms with Gasteiger partial charge in [-0.25, -0.2) is 0 Å². The number of nitrogens with zero attached hydrogens (tertiary/aromatic N) is 2. The highest BCUT2D eigenvalue weighted by Gasteiger charge is 2.46. The molecule has 12 aromatic carbocycles. The second kappa shape index (κ2) is 21.1. The van der Waals surface area contributed by atoms with Gasteiger partial charge >= 0.3 is 0 Å². The average Bonchev–Trinajstić information content (AvgIpc) is 1.75. The molecular formula is C77H56N2O4. The van der Waals surface area contributed by atoms with Gasteiger partial charge in [-0.15, -0.1) is 0 Å². The van der Waals surface area contributed by atoms with Crippen molar-refractivity contribution in [3.8, 4) is 69.3 Å². The zero-order valence-electron chi connectivity index (χ0n) is 46.4. The fraction of sp³-hybridized carbons (Fsp3) is 0.0909. The molecular weight excluding hydrogens is 1020 g/mol. The smallest absolute Gasteiger partial charge is 0.149 e. The number of hydrogen-bond acceptors (Lipinski definition) is 6. The molecule has 0 bridgehead atoms. The van der Waals surface area contributed by atoms with E-state index in [4.69, 9.17) is 18.9 Å². The molecule has 0 saturated heterocycles. The van der Waals surface area contributed by atoms with E-state index in [0.29, 0.717) is 57.1 Å². The summed E-state index contributed by atoms with van der Waals surface area (Å²) in [6.07, 6.45) is 0. The normalized spacial score (nSPS) is 12.4. The molecule has 398 valence electrons.